The normalized spacial score (nSPS) is 14.8. The number of aliphatic imine (C=N–C) groups is 1. The Kier molecular flexibility index (Phi) is 7.33. The fraction of sp³-hybridized carbons (Fsp3) is 0.450. The predicted molar refractivity (Wildman–Crippen MR) is 120 cm³/mol. The van der Waals surface area contributed by atoms with E-state index in [1.54, 1.807) is 18.4 Å². The highest BCUT2D eigenvalue weighted by Gasteiger charge is 2.21. The molecule has 0 radical (unpaired) electrons. The Labute approximate surface area is 181 Å². The first kappa shape index (κ1) is 21.4. The molecule has 0 bridgehead atoms. The number of aromatic nitrogens is 1. The third-order valence-corrected chi connectivity index (χ3v) is 5.94. The second-order valence-electron chi connectivity index (χ2n) is 6.96. The maximum Gasteiger partial charge on any atom is 0.242 e. The summed E-state index contributed by atoms with van der Waals surface area (Å²) in [6, 6.07) is 7.83. The molecule has 2 heterocycles. The largest absolute Gasteiger partial charge is 0.368 e. The number of aryl methyl sites for hydroxylation is 1. The minimum absolute atomic E-state index is 0.0832. The van der Waals surface area contributed by atoms with Gasteiger partial charge in [0.2, 0.25) is 5.91 Å². The highest BCUT2D eigenvalue weighted by Crippen LogP contribution is 2.19. The number of benzene rings is 1. The molecule has 1 aromatic heterocycles. The van der Waals surface area contributed by atoms with Gasteiger partial charge in [-0.3, -0.25) is 9.79 Å². The topological polar surface area (TPSA) is 64.1 Å². The van der Waals surface area contributed by atoms with E-state index in [2.05, 4.69) is 20.2 Å². The van der Waals surface area contributed by atoms with Crippen molar-refractivity contribution in [3.05, 3.63) is 45.4 Å². The molecule has 156 valence electrons. The molecule has 2 aromatic rings. The van der Waals surface area contributed by atoms with Crippen molar-refractivity contribution in [1.29, 1.82) is 0 Å². The number of guanidine groups is 1. The van der Waals surface area contributed by atoms with Crippen LogP contribution in [0.25, 0.3) is 0 Å². The number of thiazole rings is 1. The van der Waals surface area contributed by atoms with Crippen LogP contribution >= 0.6 is 22.9 Å². The molecule has 9 heteroatoms. The average molecular weight is 435 g/mol. The minimum atomic E-state index is 0.0832. The summed E-state index contributed by atoms with van der Waals surface area (Å²) in [6.07, 6.45) is 0. The number of anilines is 1. The minimum Gasteiger partial charge on any atom is -0.368 e. The number of carbonyl (C=O) groups excluding carboxylic acids is 1. The highest BCUT2D eigenvalue weighted by atomic mass is 35.5. The van der Waals surface area contributed by atoms with Gasteiger partial charge in [0.1, 0.15) is 0 Å². The van der Waals surface area contributed by atoms with Crippen molar-refractivity contribution in [3.63, 3.8) is 0 Å². The van der Waals surface area contributed by atoms with Crippen LogP contribution in [0.4, 0.5) is 5.69 Å². The summed E-state index contributed by atoms with van der Waals surface area (Å²) in [4.78, 5) is 27.5. The van der Waals surface area contributed by atoms with E-state index < -0.39 is 0 Å². The lowest BCUT2D eigenvalue weighted by Gasteiger charge is -2.36. The van der Waals surface area contributed by atoms with E-state index in [4.69, 9.17) is 11.6 Å². The summed E-state index contributed by atoms with van der Waals surface area (Å²) >= 11 is 7.59. The molecule has 0 atom stereocenters. The monoisotopic (exact) mass is 434 g/mol. The Bertz CT molecular complexity index is 845. The fourth-order valence-electron chi connectivity index (χ4n) is 3.32. The molecule has 1 saturated heterocycles. The fourth-order valence-corrected chi connectivity index (χ4v) is 4.05. The number of nitrogens with one attached hydrogen (secondary N) is 1. The van der Waals surface area contributed by atoms with Crippen molar-refractivity contribution in [1.82, 2.24) is 20.1 Å². The Balaban J connectivity index is 1.45. The molecule has 29 heavy (non-hydrogen) atoms. The summed E-state index contributed by atoms with van der Waals surface area (Å²) in [7, 11) is 3.67. The third kappa shape index (κ3) is 5.83. The van der Waals surface area contributed by atoms with Gasteiger partial charge in [-0.25, -0.2) is 4.98 Å². The predicted octanol–water partition coefficient (Wildman–Crippen LogP) is 2.46. The lowest BCUT2D eigenvalue weighted by molar-refractivity contribution is -0.130. The van der Waals surface area contributed by atoms with Crippen molar-refractivity contribution in [3.8, 4) is 0 Å². The highest BCUT2D eigenvalue weighted by molar-refractivity contribution is 7.09. The molecular formula is C20H27ClN6OS. The SMILES string of the molecule is CN=C(NCC(=O)N1CCN(c2ccc(Cl)cc2)CC1)N(C)Cc1csc(C)n1. The van der Waals surface area contributed by atoms with E-state index in [9.17, 15) is 4.79 Å². The lowest BCUT2D eigenvalue weighted by Crippen LogP contribution is -2.52. The summed E-state index contributed by atoms with van der Waals surface area (Å²) in [5, 5.41) is 7.00. The molecule has 0 unspecified atom stereocenters. The first-order chi connectivity index (χ1) is 14.0. The molecule has 0 aliphatic carbocycles. The summed E-state index contributed by atoms with van der Waals surface area (Å²) in [6.45, 7) is 5.90. The van der Waals surface area contributed by atoms with Gasteiger partial charge in [0.15, 0.2) is 5.96 Å². The van der Waals surface area contributed by atoms with Crippen LogP contribution in [-0.4, -0.2) is 73.5 Å². The molecule has 1 N–H and O–H groups in total. The number of nitrogens with zero attached hydrogens (tertiary/aromatic N) is 5. The van der Waals surface area contributed by atoms with Gasteiger partial charge in [0.05, 0.1) is 23.8 Å². The Hall–Kier alpha value is -2.32. The Morgan fingerprint density at radius 3 is 2.55 bits per heavy atom. The van der Waals surface area contributed by atoms with Crippen LogP contribution in [0.1, 0.15) is 10.7 Å². The van der Waals surface area contributed by atoms with E-state index in [0.717, 1.165) is 34.5 Å². The van der Waals surface area contributed by atoms with Crippen LogP contribution in [0.15, 0.2) is 34.6 Å². The molecule has 0 saturated carbocycles. The molecule has 1 aromatic carbocycles. The standard InChI is InChI=1S/C20H27ClN6OS/c1-15-24-17(14-29-15)13-25(3)20(22-2)23-12-19(28)27-10-8-26(9-11-27)18-6-4-16(21)5-7-18/h4-7,14H,8-13H2,1-3H3,(H,22,23). The van der Waals surface area contributed by atoms with Gasteiger partial charge >= 0.3 is 0 Å². The summed E-state index contributed by atoms with van der Waals surface area (Å²) in [5.41, 5.74) is 2.14. The van der Waals surface area contributed by atoms with E-state index in [1.165, 1.54) is 0 Å². The first-order valence-corrected chi connectivity index (χ1v) is 10.8. The second-order valence-corrected chi connectivity index (χ2v) is 8.46. The van der Waals surface area contributed by atoms with E-state index in [1.807, 2.05) is 53.4 Å². The zero-order chi connectivity index (χ0) is 20.8. The van der Waals surface area contributed by atoms with Gasteiger partial charge in [-0.05, 0) is 31.2 Å². The second kappa shape index (κ2) is 9.93. The number of carbonyl (C=O) groups is 1. The van der Waals surface area contributed by atoms with Gasteiger partial charge in [0.25, 0.3) is 0 Å². The van der Waals surface area contributed by atoms with Crippen LogP contribution in [0, 0.1) is 6.92 Å². The van der Waals surface area contributed by atoms with Crippen molar-refractivity contribution >= 4 is 40.5 Å². The molecule has 1 amide bonds. The molecular weight excluding hydrogens is 408 g/mol. The Morgan fingerprint density at radius 2 is 1.97 bits per heavy atom. The van der Waals surface area contributed by atoms with Gasteiger partial charge in [0, 0.05) is 56.4 Å². The molecule has 1 aliphatic heterocycles. The summed E-state index contributed by atoms with van der Waals surface area (Å²) < 4.78 is 0. The van der Waals surface area contributed by atoms with Crippen LogP contribution in [0.2, 0.25) is 5.02 Å². The molecule has 3 rings (SSSR count). The molecule has 1 fully saturated rings. The van der Waals surface area contributed by atoms with Gasteiger partial charge < -0.3 is 20.0 Å². The quantitative estimate of drug-likeness (QED) is 0.578. The number of rotatable bonds is 5. The van der Waals surface area contributed by atoms with Crippen LogP contribution < -0.4 is 10.2 Å². The number of piperazine rings is 1. The van der Waals surface area contributed by atoms with Crippen LogP contribution in [0.3, 0.4) is 0 Å². The average Bonchev–Trinajstić information content (AvgIpc) is 3.13. The van der Waals surface area contributed by atoms with Crippen molar-refractivity contribution in [2.75, 3.05) is 51.7 Å². The summed E-state index contributed by atoms with van der Waals surface area (Å²) in [5.74, 6) is 0.767. The Morgan fingerprint density at radius 1 is 1.28 bits per heavy atom. The zero-order valence-corrected chi connectivity index (χ0v) is 18.6. The van der Waals surface area contributed by atoms with E-state index in [-0.39, 0.29) is 12.5 Å². The van der Waals surface area contributed by atoms with Gasteiger partial charge in [-0.15, -0.1) is 11.3 Å². The van der Waals surface area contributed by atoms with Gasteiger partial charge in [-0.2, -0.15) is 0 Å². The van der Waals surface area contributed by atoms with E-state index >= 15 is 0 Å². The van der Waals surface area contributed by atoms with E-state index in [0.29, 0.717) is 25.6 Å². The first-order valence-electron chi connectivity index (χ1n) is 9.57. The number of hydrogen-bond acceptors (Lipinski definition) is 5. The van der Waals surface area contributed by atoms with Crippen LogP contribution in [-0.2, 0) is 11.3 Å². The molecule has 7 nitrogen and oxygen atoms in total. The van der Waals surface area contributed by atoms with Crippen molar-refractivity contribution < 1.29 is 4.79 Å². The van der Waals surface area contributed by atoms with Crippen molar-refractivity contribution in [2.45, 2.75) is 13.5 Å². The number of hydrogen-bond donors (Lipinski definition) is 1. The third-order valence-electron chi connectivity index (χ3n) is 4.86. The zero-order valence-electron chi connectivity index (χ0n) is 17.1. The number of halogens is 1. The smallest absolute Gasteiger partial charge is 0.242 e. The molecule has 0 spiro atoms. The van der Waals surface area contributed by atoms with Crippen LogP contribution in [0.5, 0.6) is 0 Å². The van der Waals surface area contributed by atoms with Crippen molar-refractivity contribution in [2.24, 2.45) is 4.99 Å². The number of amides is 1. The maximum atomic E-state index is 12.6. The molecule has 1 aliphatic rings. The maximum absolute atomic E-state index is 12.6. The lowest BCUT2D eigenvalue weighted by atomic mass is 10.2. The van der Waals surface area contributed by atoms with Gasteiger partial charge in [-0.1, -0.05) is 11.6 Å².